The minimum absolute atomic E-state index is 0.499. The largest absolute Gasteiger partial charge is 0.494 e. The van der Waals surface area contributed by atoms with Gasteiger partial charge in [-0.1, -0.05) is 0 Å². The summed E-state index contributed by atoms with van der Waals surface area (Å²) < 4.78 is 15.8. The van der Waals surface area contributed by atoms with Crippen LogP contribution in [0, 0.1) is 0 Å². The highest BCUT2D eigenvalue weighted by molar-refractivity contribution is 5.62. The van der Waals surface area contributed by atoms with Crippen molar-refractivity contribution >= 4 is 5.69 Å². The number of nitrogens with zero attached hydrogens (tertiary/aromatic N) is 1. The first-order chi connectivity index (χ1) is 8.35. The Labute approximate surface area is 101 Å². The third-order valence-corrected chi connectivity index (χ3v) is 2.68. The molecular weight excluding hydrogens is 220 g/mol. The van der Waals surface area contributed by atoms with E-state index in [2.05, 4.69) is 10.3 Å². The highest BCUT2D eigenvalue weighted by atomic mass is 16.5. The van der Waals surface area contributed by atoms with Gasteiger partial charge in [0, 0.05) is 19.7 Å². The zero-order valence-electron chi connectivity index (χ0n) is 10.3. The van der Waals surface area contributed by atoms with Crippen molar-refractivity contribution in [1.82, 2.24) is 4.98 Å². The monoisotopic (exact) mass is 238 g/mol. The number of aryl methyl sites for hydroxylation is 1. The Balaban J connectivity index is 2.17. The summed E-state index contributed by atoms with van der Waals surface area (Å²) in [5.74, 6) is 1.39. The molecule has 1 aromatic rings. The van der Waals surface area contributed by atoms with E-state index in [9.17, 15) is 0 Å². The first-order valence-electron chi connectivity index (χ1n) is 5.78. The number of anilines is 1. The maximum atomic E-state index is 5.51. The van der Waals surface area contributed by atoms with E-state index in [0.29, 0.717) is 19.1 Å². The van der Waals surface area contributed by atoms with Crippen LogP contribution in [0.4, 0.5) is 5.69 Å². The van der Waals surface area contributed by atoms with Gasteiger partial charge >= 0.3 is 0 Å². The molecule has 17 heavy (non-hydrogen) atoms. The minimum atomic E-state index is 0.499. The van der Waals surface area contributed by atoms with Crippen LogP contribution >= 0.6 is 0 Å². The molecule has 1 aromatic heterocycles. The molecule has 0 saturated carbocycles. The van der Waals surface area contributed by atoms with Crippen LogP contribution in [-0.2, 0) is 11.2 Å². The Hall–Kier alpha value is -1.49. The Morgan fingerprint density at radius 3 is 3.00 bits per heavy atom. The first-order valence-corrected chi connectivity index (χ1v) is 5.78. The quantitative estimate of drug-likeness (QED) is 0.787. The predicted octanol–water partition coefficient (Wildman–Crippen LogP) is 1.47. The summed E-state index contributed by atoms with van der Waals surface area (Å²) >= 11 is 0. The third kappa shape index (κ3) is 2.79. The van der Waals surface area contributed by atoms with Crippen molar-refractivity contribution in [3.05, 3.63) is 11.8 Å². The van der Waals surface area contributed by atoms with Crippen molar-refractivity contribution < 1.29 is 14.2 Å². The second-order valence-electron chi connectivity index (χ2n) is 3.86. The topological polar surface area (TPSA) is 52.6 Å². The molecular formula is C12H18N2O3. The lowest BCUT2D eigenvalue weighted by Gasteiger charge is -2.20. The fourth-order valence-corrected chi connectivity index (χ4v) is 1.85. The molecule has 0 aliphatic carbocycles. The highest BCUT2D eigenvalue weighted by Gasteiger charge is 2.17. The summed E-state index contributed by atoms with van der Waals surface area (Å²) in [6.45, 7) is 2.02. The smallest absolute Gasteiger partial charge is 0.217 e. The van der Waals surface area contributed by atoms with Crippen molar-refractivity contribution in [2.24, 2.45) is 0 Å². The van der Waals surface area contributed by atoms with Crippen molar-refractivity contribution in [3.63, 3.8) is 0 Å². The number of methoxy groups -OCH3 is 2. The van der Waals surface area contributed by atoms with Gasteiger partial charge in [-0.3, -0.25) is 0 Å². The van der Waals surface area contributed by atoms with Crippen molar-refractivity contribution in [3.8, 4) is 11.6 Å². The third-order valence-electron chi connectivity index (χ3n) is 2.68. The van der Waals surface area contributed by atoms with Crippen LogP contribution in [0.15, 0.2) is 6.07 Å². The van der Waals surface area contributed by atoms with Gasteiger partial charge in [0.15, 0.2) is 0 Å². The lowest BCUT2D eigenvalue weighted by Crippen LogP contribution is -2.15. The molecule has 1 aliphatic heterocycles. The molecule has 0 bridgehead atoms. The highest BCUT2D eigenvalue weighted by Crippen LogP contribution is 2.33. The van der Waals surface area contributed by atoms with Gasteiger partial charge in [-0.05, 0) is 12.8 Å². The molecule has 0 saturated heterocycles. The van der Waals surface area contributed by atoms with Crippen LogP contribution in [0.2, 0.25) is 0 Å². The maximum Gasteiger partial charge on any atom is 0.217 e. The van der Waals surface area contributed by atoms with E-state index in [4.69, 9.17) is 14.2 Å². The van der Waals surface area contributed by atoms with E-state index in [1.807, 2.05) is 6.07 Å². The number of fused-ring (bicyclic) bond motifs is 1. The molecule has 0 spiro atoms. The normalized spacial score (nSPS) is 13.8. The molecule has 1 aliphatic rings. The number of nitrogens with one attached hydrogen (secondary N) is 1. The van der Waals surface area contributed by atoms with Crippen LogP contribution in [-0.4, -0.2) is 39.0 Å². The van der Waals surface area contributed by atoms with E-state index >= 15 is 0 Å². The summed E-state index contributed by atoms with van der Waals surface area (Å²) in [7, 11) is 3.30. The summed E-state index contributed by atoms with van der Waals surface area (Å²) in [5, 5.41) is 3.31. The molecule has 0 atom stereocenters. The summed E-state index contributed by atoms with van der Waals surface area (Å²) in [6, 6.07) is 1.81. The molecule has 0 radical (unpaired) electrons. The molecule has 5 heteroatoms. The number of pyridine rings is 1. The number of ether oxygens (including phenoxy) is 3. The van der Waals surface area contributed by atoms with Crippen LogP contribution in [0.5, 0.6) is 11.6 Å². The standard InChI is InChI=1S/C12H18N2O3/c1-15-6-7-17-11-8-10(16-2)12-9(14-11)4-3-5-13-12/h8,13H,3-7H2,1-2H3. The van der Waals surface area contributed by atoms with Gasteiger partial charge in [0.05, 0.1) is 25.1 Å². The van der Waals surface area contributed by atoms with Crippen LogP contribution in [0.25, 0.3) is 0 Å². The molecule has 0 fully saturated rings. The SMILES string of the molecule is COCCOc1cc(OC)c2c(n1)CCCN2. The lowest BCUT2D eigenvalue weighted by atomic mass is 10.1. The number of hydrogen-bond acceptors (Lipinski definition) is 5. The van der Waals surface area contributed by atoms with Crippen molar-refractivity contribution in [1.29, 1.82) is 0 Å². The first kappa shape index (κ1) is 12.0. The predicted molar refractivity (Wildman–Crippen MR) is 65.0 cm³/mol. The van der Waals surface area contributed by atoms with Crippen LogP contribution in [0.3, 0.4) is 0 Å². The van der Waals surface area contributed by atoms with Gasteiger partial charge < -0.3 is 19.5 Å². The van der Waals surface area contributed by atoms with E-state index < -0.39 is 0 Å². The zero-order valence-corrected chi connectivity index (χ0v) is 10.3. The minimum Gasteiger partial charge on any atom is -0.494 e. The molecule has 0 amide bonds. The van der Waals surface area contributed by atoms with E-state index in [-0.39, 0.29) is 0 Å². The summed E-state index contributed by atoms with van der Waals surface area (Å²) in [4.78, 5) is 4.47. The summed E-state index contributed by atoms with van der Waals surface area (Å²) in [6.07, 6.45) is 2.05. The Bertz CT molecular complexity index is 365. The van der Waals surface area contributed by atoms with E-state index in [1.165, 1.54) is 0 Å². The summed E-state index contributed by atoms with van der Waals surface area (Å²) in [5.41, 5.74) is 2.01. The van der Waals surface area contributed by atoms with E-state index in [1.54, 1.807) is 14.2 Å². The Kier molecular flexibility index (Phi) is 4.03. The maximum absolute atomic E-state index is 5.51. The van der Waals surface area contributed by atoms with E-state index in [0.717, 1.165) is 36.5 Å². The fourth-order valence-electron chi connectivity index (χ4n) is 1.85. The molecule has 0 unspecified atom stereocenters. The second kappa shape index (κ2) is 5.72. The number of hydrogen-bond donors (Lipinski definition) is 1. The zero-order chi connectivity index (χ0) is 12.1. The average Bonchev–Trinajstić information content (AvgIpc) is 2.38. The van der Waals surface area contributed by atoms with Crippen molar-refractivity contribution in [2.45, 2.75) is 12.8 Å². The van der Waals surface area contributed by atoms with Crippen molar-refractivity contribution in [2.75, 3.05) is 39.3 Å². The number of aromatic nitrogens is 1. The van der Waals surface area contributed by atoms with Crippen LogP contribution < -0.4 is 14.8 Å². The van der Waals surface area contributed by atoms with Gasteiger partial charge in [-0.2, -0.15) is 0 Å². The molecule has 2 heterocycles. The Morgan fingerprint density at radius 1 is 1.35 bits per heavy atom. The molecule has 0 aromatic carbocycles. The van der Waals surface area contributed by atoms with Crippen LogP contribution in [0.1, 0.15) is 12.1 Å². The molecule has 5 nitrogen and oxygen atoms in total. The van der Waals surface area contributed by atoms with Gasteiger partial charge in [0.1, 0.15) is 12.4 Å². The van der Waals surface area contributed by atoms with Gasteiger partial charge in [-0.25, -0.2) is 4.98 Å². The molecule has 94 valence electrons. The fraction of sp³-hybridized carbons (Fsp3) is 0.583. The van der Waals surface area contributed by atoms with Gasteiger partial charge in [0.2, 0.25) is 5.88 Å². The number of rotatable bonds is 5. The Morgan fingerprint density at radius 2 is 2.24 bits per heavy atom. The molecule has 2 rings (SSSR count). The average molecular weight is 238 g/mol. The molecule has 1 N–H and O–H groups in total. The van der Waals surface area contributed by atoms with Gasteiger partial charge in [-0.15, -0.1) is 0 Å². The van der Waals surface area contributed by atoms with Gasteiger partial charge in [0.25, 0.3) is 0 Å². The lowest BCUT2D eigenvalue weighted by molar-refractivity contribution is 0.143. The second-order valence-corrected chi connectivity index (χ2v) is 3.86.